The molecule has 2 aromatic carbocycles. The van der Waals surface area contributed by atoms with Gasteiger partial charge in [0.05, 0.1) is 6.54 Å². The van der Waals surface area contributed by atoms with Crippen molar-refractivity contribution in [1.29, 1.82) is 0 Å². The molecule has 5 heteroatoms. The Hall–Kier alpha value is -3.08. The maximum atomic E-state index is 12.1. The van der Waals surface area contributed by atoms with E-state index in [0.29, 0.717) is 0 Å². The van der Waals surface area contributed by atoms with Gasteiger partial charge in [0.15, 0.2) is 0 Å². The molecule has 0 radical (unpaired) electrons. The molecule has 5 nitrogen and oxygen atoms in total. The maximum Gasteiger partial charge on any atom is 0.244 e. The van der Waals surface area contributed by atoms with Gasteiger partial charge >= 0.3 is 0 Å². The van der Waals surface area contributed by atoms with Crippen molar-refractivity contribution in [3.8, 4) is 0 Å². The number of benzene rings is 2. The van der Waals surface area contributed by atoms with Crippen molar-refractivity contribution in [2.45, 2.75) is 39.0 Å². The number of amides is 2. The Kier molecular flexibility index (Phi) is 8.07. The van der Waals surface area contributed by atoms with E-state index in [1.54, 1.807) is 6.08 Å². The monoisotopic (exact) mass is 405 g/mol. The van der Waals surface area contributed by atoms with Gasteiger partial charge in [-0.1, -0.05) is 50.1 Å². The summed E-state index contributed by atoms with van der Waals surface area (Å²) >= 11 is 0. The van der Waals surface area contributed by atoms with E-state index in [1.165, 1.54) is 37.4 Å². The molecule has 2 aromatic rings. The quantitative estimate of drug-likeness (QED) is 0.671. The molecule has 0 atom stereocenters. The van der Waals surface area contributed by atoms with Crippen LogP contribution in [0.25, 0.3) is 6.08 Å². The Morgan fingerprint density at radius 2 is 1.67 bits per heavy atom. The first-order valence-corrected chi connectivity index (χ1v) is 10.8. The summed E-state index contributed by atoms with van der Waals surface area (Å²) in [7, 11) is 0. The topological polar surface area (TPSA) is 61.4 Å². The number of aryl methyl sites for hydroxylation is 1. The fraction of sp³-hybridized carbons (Fsp3) is 0.360. The van der Waals surface area contributed by atoms with Crippen LogP contribution in [0.3, 0.4) is 0 Å². The Balaban J connectivity index is 1.46. The Morgan fingerprint density at radius 3 is 2.37 bits per heavy atom. The van der Waals surface area contributed by atoms with Gasteiger partial charge in [-0.2, -0.15) is 0 Å². The second-order valence-corrected chi connectivity index (χ2v) is 7.60. The molecule has 0 aliphatic carbocycles. The molecule has 2 N–H and O–H groups in total. The molecule has 1 aliphatic rings. The second kappa shape index (κ2) is 11.2. The van der Waals surface area contributed by atoms with Crippen molar-refractivity contribution in [3.05, 3.63) is 65.7 Å². The summed E-state index contributed by atoms with van der Waals surface area (Å²) in [5.74, 6) is -0.523. The zero-order chi connectivity index (χ0) is 21.2. The second-order valence-electron chi connectivity index (χ2n) is 7.60. The highest BCUT2D eigenvalue weighted by Crippen LogP contribution is 2.20. The largest absolute Gasteiger partial charge is 0.372 e. The first-order chi connectivity index (χ1) is 14.7. The molecule has 0 bridgehead atoms. The normalized spacial score (nSPS) is 14.4. The maximum absolute atomic E-state index is 12.1. The molecule has 1 fully saturated rings. The van der Waals surface area contributed by atoms with E-state index in [1.807, 2.05) is 43.3 Å². The Labute approximate surface area is 179 Å². The molecular weight excluding hydrogens is 374 g/mol. The molecule has 3 rings (SSSR count). The van der Waals surface area contributed by atoms with Crippen LogP contribution in [0.2, 0.25) is 0 Å². The first kappa shape index (κ1) is 21.6. The van der Waals surface area contributed by atoms with Crippen molar-refractivity contribution in [2.24, 2.45) is 0 Å². The van der Waals surface area contributed by atoms with Crippen LogP contribution >= 0.6 is 0 Å². The summed E-state index contributed by atoms with van der Waals surface area (Å²) in [6.07, 6.45) is 9.20. The molecule has 0 saturated carbocycles. The fourth-order valence-electron chi connectivity index (χ4n) is 3.67. The highest BCUT2D eigenvalue weighted by atomic mass is 16.2. The van der Waals surface area contributed by atoms with E-state index >= 15 is 0 Å². The summed E-state index contributed by atoms with van der Waals surface area (Å²) in [4.78, 5) is 26.6. The van der Waals surface area contributed by atoms with E-state index in [0.717, 1.165) is 36.3 Å². The van der Waals surface area contributed by atoms with Gasteiger partial charge in [0.1, 0.15) is 0 Å². The predicted molar refractivity (Wildman–Crippen MR) is 124 cm³/mol. The highest BCUT2D eigenvalue weighted by Gasteiger charge is 2.09. The van der Waals surface area contributed by atoms with Crippen molar-refractivity contribution < 1.29 is 9.59 Å². The SMILES string of the molecule is CCc1ccccc1NC(=O)CNC(=O)/C=C/c1ccc(N2CCCCCC2)cc1. The fourth-order valence-corrected chi connectivity index (χ4v) is 3.67. The van der Waals surface area contributed by atoms with Gasteiger partial charge in [-0.3, -0.25) is 9.59 Å². The Bertz CT molecular complexity index is 866. The third-order valence-electron chi connectivity index (χ3n) is 5.39. The lowest BCUT2D eigenvalue weighted by Crippen LogP contribution is -2.31. The van der Waals surface area contributed by atoms with Crippen molar-refractivity contribution in [1.82, 2.24) is 5.32 Å². The molecule has 0 aromatic heterocycles. The van der Waals surface area contributed by atoms with Gasteiger partial charge in [-0.25, -0.2) is 0 Å². The van der Waals surface area contributed by atoms with E-state index in [4.69, 9.17) is 0 Å². The van der Waals surface area contributed by atoms with E-state index in [-0.39, 0.29) is 18.4 Å². The molecule has 1 heterocycles. The molecule has 0 unspecified atom stereocenters. The van der Waals surface area contributed by atoms with Crippen LogP contribution in [0, 0.1) is 0 Å². The predicted octanol–water partition coefficient (Wildman–Crippen LogP) is 4.40. The lowest BCUT2D eigenvalue weighted by Gasteiger charge is -2.22. The lowest BCUT2D eigenvalue weighted by atomic mass is 10.1. The van der Waals surface area contributed by atoms with Crippen LogP contribution in [0.15, 0.2) is 54.6 Å². The summed E-state index contributed by atoms with van der Waals surface area (Å²) in [5.41, 5.74) is 4.06. The van der Waals surface area contributed by atoms with Crippen LogP contribution in [0.4, 0.5) is 11.4 Å². The van der Waals surface area contributed by atoms with Crippen LogP contribution in [-0.4, -0.2) is 31.4 Å². The summed E-state index contributed by atoms with van der Waals surface area (Å²) < 4.78 is 0. The molecule has 30 heavy (non-hydrogen) atoms. The minimum absolute atomic E-state index is 0.0604. The smallest absolute Gasteiger partial charge is 0.244 e. The molecule has 1 saturated heterocycles. The highest BCUT2D eigenvalue weighted by molar-refractivity contribution is 5.98. The van der Waals surface area contributed by atoms with E-state index < -0.39 is 0 Å². The Morgan fingerprint density at radius 1 is 0.967 bits per heavy atom. The molecule has 2 amide bonds. The molecule has 158 valence electrons. The number of carbonyl (C=O) groups excluding carboxylic acids is 2. The van der Waals surface area contributed by atoms with E-state index in [2.05, 4.69) is 27.7 Å². The third kappa shape index (κ3) is 6.48. The van der Waals surface area contributed by atoms with Crippen molar-refractivity contribution in [2.75, 3.05) is 29.9 Å². The number of nitrogens with zero attached hydrogens (tertiary/aromatic N) is 1. The van der Waals surface area contributed by atoms with Crippen LogP contribution < -0.4 is 15.5 Å². The standard InChI is InChI=1S/C25H31N3O2/c1-2-21-9-5-6-10-23(21)27-25(30)19-26-24(29)16-13-20-11-14-22(15-12-20)28-17-7-3-4-8-18-28/h5-6,9-16H,2-4,7-8,17-19H2,1H3,(H,26,29)(H,27,30)/b16-13+. The van der Waals surface area contributed by atoms with Gasteiger partial charge in [0, 0.05) is 30.5 Å². The minimum atomic E-state index is -0.287. The van der Waals surface area contributed by atoms with Gasteiger partial charge in [0.2, 0.25) is 11.8 Å². The van der Waals surface area contributed by atoms with Crippen LogP contribution in [-0.2, 0) is 16.0 Å². The summed E-state index contributed by atoms with van der Waals surface area (Å²) in [6.45, 7) is 4.21. The average molecular weight is 406 g/mol. The number of nitrogens with one attached hydrogen (secondary N) is 2. The van der Waals surface area contributed by atoms with Gasteiger partial charge in [0.25, 0.3) is 0 Å². The average Bonchev–Trinajstić information content (AvgIpc) is 3.06. The van der Waals surface area contributed by atoms with Gasteiger partial charge < -0.3 is 15.5 Å². The van der Waals surface area contributed by atoms with Gasteiger partial charge in [-0.05, 0) is 54.7 Å². The number of rotatable bonds is 7. The number of carbonyl (C=O) groups is 2. The van der Waals surface area contributed by atoms with Gasteiger partial charge in [-0.15, -0.1) is 0 Å². The number of hydrogen-bond donors (Lipinski definition) is 2. The van der Waals surface area contributed by atoms with Crippen molar-refractivity contribution >= 4 is 29.3 Å². The first-order valence-electron chi connectivity index (χ1n) is 10.8. The third-order valence-corrected chi connectivity index (χ3v) is 5.39. The molecule has 0 spiro atoms. The molecular formula is C25H31N3O2. The number of para-hydroxylation sites is 1. The number of anilines is 2. The molecule has 1 aliphatic heterocycles. The van der Waals surface area contributed by atoms with Crippen LogP contribution in [0.5, 0.6) is 0 Å². The van der Waals surface area contributed by atoms with Crippen LogP contribution in [0.1, 0.15) is 43.7 Å². The van der Waals surface area contributed by atoms with Crippen molar-refractivity contribution in [3.63, 3.8) is 0 Å². The summed E-state index contributed by atoms with van der Waals surface area (Å²) in [6, 6.07) is 16.0. The zero-order valence-corrected chi connectivity index (χ0v) is 17.7. The summed E-state index contributed by atoms with van der Waals surface area (Å²) in [5, 5.41) is 5.48. The zero-order valence-electron chi connectivity index (χ0n) is 17.7. The lowest BCUT2D eigenvalue weighted by molar-refractivity contribution is -0.121. The number of hydrogen-bond acceptors (Lipinski definition) is 3. The van der Waals surface area contributed by atoms with E-state index in [9.17, 15) is 9.59 Å². The minimum Gasteiger partial charge on any atom is -0.372 e.